The summed E-state index contributed by atoms with van der Waals surface area (Å²) >= 11 is 3.50. The van der Waals surface area contributed by atoms with Crippen molar-refractivity contribution in [1.82, 2.24) is 19.4 Å². The van der Waals surface area contributed by atoms with E-state index in [9.17, 15) is 9.59 Å². The molecule has 194 valence electrons. The molecule has 8 nitrogen and oxygen atoms in total. The van der Waals surface area contributed by atoms with Crippen LogP contribution in [0.25, 0.3) is 11.4 Å². The smallest absolute Gasteiger partial charge is 0.410 e. The number of imidazole rings is 1. The van der Waals surface area contributed by atoms with Gasteiger partial charge in [-0.05, 0) is 38.5 Å². The summed E-state index contributed by atoms with van der Waals surface area (Å²) < 4.78 is 14.6. The number of hydrogen-bond acceptors (Lipinski definition) is 5. The molecule has 0 aliphatic carbocycles. The Labute approximate surface area is 225 Å². The van der Waals surface area contributed by atoms with Crippen LogP contribution >= 0.6 is 15.9 Å². The largest absolute Gasteiger partial charge is 0.445 e. The predicted molar refractivity (Wildman–Crippen MR) is 143 cm³/mol. The molecule has 2 aromatic carbocycles. The van der Waals surface area contributed by atoms with E-state index in [1.54, 1.807) is 9.80 Å². The predicted octanol–water partition coefficient (Wildman–Crippen LogP) is 5.80. The minimum Gasteiger partial charge on any atom is -0.445 e. The fourth-order valence-corrected chi connectivity index (χ4v) is 5.13. The van der Waals surface area contributed by atoms with Crippen molar-refractivity contribution in [2.75, 3.05) is 19.6 Å². The summed E-state index contributed by atoms with van der Waals surface area (Å²) in [6, 6.07) is 17.3. The minimum absolute atomic E-state index is 0.196. The van der Waals surface area contributed by atoms with Crippen LogP contribution in [0.3, 0.4) is 0 Å². The molecule has 3 heterocycles. The number of aromatic nitrogens is 2. The second-order valence-corrected chi connectivity index (χ2v) is 11.3. The lowest BCUT2D eigenvalue weighted by Gasteiger charge is -2.39. The average Bonchev–Trinajstić information content (AvgIpc) is 3.12. The molecule has 37 heavy (non-hydrogen) atoms. The van der Waals surface area contributed by atoms with Gasteiger partial charge in [-0.15, -0.1) is 0 Å². The number of carbonyl (C=O) groups is 2. The van der Waals surface area contributed by atoms with Gasteiger partial charge in [-0.25, -0.2) is 14.6 Å². The maximum absolute atomic E-state index is 13.3. The highest BCUT2D eigenvalue weighted by Crippen LogP contribution is 2.37. The molecule has 0 saturated carbocycles. The van der Waals surface area contributed by atoms with Crippen LogP contribution in [-0.4, -0.2) is 56.8 Å². The number of carbonyl (C=O) groups excluding carboxylic acids is 2. The van der Waals surface area contributed by atoms with Crippen molar-refractivity contribution < 1.29 is 19.1 Å². The normalized spacial score (nSPS) is 17.1. The van der Waals surface area contributed by atoms with E-state index in [-0.39, 0.29) is 18.7 Å². The van der Waals surface area contributed by atoms with Gasteiger partial charge in [0, 0.05) is 36.1 Å². The van der Waals surface area contributed by atoms with Gasteiger partial charge in [-0.2, -0.15) is 0 Å². The van der Waals surface area contributed by atoms with Gasteiger partial charge in [0.2, 0.25) is 0 Å². The molecule has 0 bridgehead atoms. The van der Waals surface area contributed by atoms with Crippen molar-refractivity contribution in [3.63, 3.8) is 0 Å². The van der Waals surface area contributed by atoms with Gasteiger partial charge in [0.25, 0.3) is 0 Å². The summed E-state index contributed by atoms with van der Waals surface area (Å²) in [5.41, 5.74) is 3.18. The van der Waals surface area contributed by atoms with Gasteiger partial charge in [0.05, 0.1) is 24.0 Å². The quantitative estimate of drug-likeness (QED) is 0.400. The monoisotopic (exact) mass is 566 g/mol. The lowest BCUT2D eigenvalue weighted by Crippen LogP contribution is -2.48. The summed E-state index contributed by atoms with van der Waals surface area (Å²) in [7, 11) is 0. The highest BCUT2D eigenvalue weighted by atomic mass is 79.9. The fourth-order valence-electron chi connectivity index (χ4n) is 4.87. The highest BCUT2D eigenvalue weighted by Gasteiger charge is 2.41. The van der Waals surface area contributed by atoms with Gasteiger partial charge in [0.15, 0.2) is 0 Å². The number of halogens is 1. The summed E-state index contributed by atoms with van der Waals surface area (Å²) in [5, 5.41) is 0. The van der Waals surface area contributed by atoms with Crippen LogP contribution in [-0.2, 0) is 29.0 Å². The Morgan fingerprint density at radius 3 is 2.43 bits per heavy atom. The number of nitrogens with zero attached hydrogens (tertiary/aromatic N) is 4. The second kappa shape index (κ2) is 10.2. The molecule has 0 spiro atoms. The summed E-state index contributed by atoms with van der Waals surface area (Å²) in [4.78, 5) is 34.8. The van der Waals surface area contributed by atoms with Gasteiger partial charge in [-0.1, -0.05) is 58.4 Å². The van der Waals surface area contributed by atoms with Crippen LogP contribution < -0.4 is 0 Å². The van der Waals surface area contributed by atoms with E-state index in [0.717, 1.165) is 32.8 Å². The maximum Gasteiger partial charge on any atom is 0.410 e. The molecule has 1 unspecified atom stereocenters. The van der Waals surface area contributed by atoms with Crippen LogP contribution in [0.2, 0.25) is 0 Å². The molecule has 9 heteroatoms. The zero-order chi connectivity index (χ0) is 26.2. The van der Waals surface area contributed by atoms with Gasteiger partial charge < -0.3 is 18.9 Å². The standard InChI is InChI=1S/C28H31BrN4O4/c1-28(2,3)37-27(35)32-15-16-33-24-22(30-25(33)20-9-11-21(29)12-10-20)13-14-31(17-23(24)32)26(34)36-18-19-7-5-4-6-8-19/h4-12,23H,13-18H2,1-3H3. The van der Waals surface area contributed by atoms with E-state index < -0.39 is 11.7 Å². The van der Waals surface area contributed by atoms with E-state index in [1.807, 2.05) is 75.4 Å². The maximum atomic E-state index is 13.3. The summed E-state index contributed by atoms with van der Waals surface area (Å²) in [5.74, 6) is 0.881. The van der Waals surface area contributed by atoms with Crippen LogP contribution in [0.15, 0.2) is 59.1 Å². The average molecular weight is 567 g/mol. The molecular weight excluding hydrogens is 536 g/mol. The SMILES string of the molecule is CC(C)(C)OC(=O)N1CCn2c(-c3ccc(Br)cc3)nc3c2C1CN(C(=O)OCc1ccccc1)CC3. The van der Waals surface area contributed by atoms with Crippen molar-refractivity contribution in [2.24, 2.45) is 0 Å². The molecule has 5 rings (SSSR count). The number of amides is 2. The Morgan fingerprint density at radius 2 is 1.73 bits per heavy atom. The number of ether oxygens (including phenoxy) is 2. The third-order valence-electron chi connectivity index (χ3n) is 6.54. The molecule has 0 radical (unpaired) electrons. The molecule has 0 N–H and O–H groups in total. The number of benzene rings is 2. The first-order valence-electron chi connectivity index (χ1n) is 12.5. The molecule has 3 aromatic rings. The first-order chi connectivity index (χ1) is 17.7. The van der Waals surface area contributed by atoms with Crippen LogP contribution in [0.4, 0.5) is 9.59 Å². The van der Waals surface area contributed by atoms with Crippen molar-refractivity contribution in [2.45, 2.75) is 52.0 Å². The van der Waals surface area contributed by atoms with Crippen LogP contribution in [0.5, 0.6) is 0 Å². The lowest BCUT2D eigenvalue weighted by atomic mass is 10.1. The molecule has 2 aliphatic rings. The van der Waals surface area contributed by atoms with E-state index in [0.29, 0.717) is 32.6 Å². The minimum atomic E-state index is -0.626. The Kier molecular flexibility index (Phi) is 6.98. The fraction of sp³-hybridized carbons (Fsp3) is 0.393. The van der Waals surface area contributed by atoms with Crippen LogP contribution in [0, 0.1) is 0 Å². The molecule has 0 fully saturated rings. The molecular formula is C28H31BrN4O4. The molecule has 0 saturated heterocycles. The van der Waals surface area contributed by atoms with E-state index in [4.69, 9.17) is 14.5 Å². The molecule has 2 aliphatic heterocycles. The van der Waals surface area contributed by atoms with Crippen molar-refractivity contribution in [3.8, 4) is 11.4 Å². The van der Waals surface area contributed by atoms with E-state index in [1.165, 1.54) is 0 Å². The molecule has 2 amide bonds. The van der Waals surface area contributed by atoms with Crippen LogP contribution in [0.1, 0.15) is 43.8 Å². The van der Waals surface area contributed by atoms with Gasteiger partial charge >= 0.3 is 12.2 Å². The van der Waals surface area contributed by atoms with Crippen molar-refractivity contribution >= 4 is 28.1 Å². The molecule has 1 atom stereocenters. The van der Waals surface area contributed by atoms with E-state index >= 15 is 0 Å². The Morgan fingerprint density at radius 1 is 1.00 bits per heavy atom. The lowest BCUT2D eigenvalue weighted by molar-refractivity contribution is 0.00585. The summed E-state index contributed by atoms with van der Waals surface area (Å²) in [6.45, 7) is 7.59. The Balaban J connectivity index is 1.45. The molecule has 1 aromatic heterocycles. The number of hydrogen-bond donors (Lipinski definition) is 0. The first-order valence-corrected chi connectivity index (χ1v) is 13.3. The topological polar surface area (TPSA) is 76.9 Å². The summed E-state index contributed by atoms with van der Waals surface area (Å²) in [6.07, 6.45) is -0.214. The van der Waals surface area contributed by atoms with Gasteiger partial charge in [-0.3, -0.25) is 4.90 Å². The number of rotatable bonds is 3. The van der Waals surface area contributed by atoms with Crippen molar-refractivity contribution in [1.29, 1.82) is 0 Å². The zero-order valence-electron chi connectivity index (χ0n) is 21.3. The van der Waals surface area contributed by atoms with E-state index in [2.05, 4.69) is 20.5 Å². The second-order valence-electron chi connectivity index (χ2n) is 10.4. The highest BCUT2D eigenvalue weighted by molar-refractivity contribution is 9.10. The Hall–Kier alpha value is -3.33. The third-order valence-corrected chi connectivity index (χ3v) is 7.07. The Bertz CT molecular complexity index is 1280. The first kappa shape index (κ1) is 25.3. The van der Waals surface area contributed by atoms with Gasteiger partial charge in [0.1, 0.15) is 18.0 Å². The zero-order valence-corrected chi connectivity index (χ0v) is 22.9. The third kappa shape index (κ3) is 5.51. The van der Waals surface area contributed by atoms with Crippen molar-refractivity contribution in [3.05, 3.63) is 76.0 Å².